The Balaban J connectivity index is 1.44. The average Bonchev–Trinajstić information content (AvgIpc) is 2.76. The number of anilines is 2. The van der Waals surface area contributed by atoms with Crippen LogP contribution >= 0.6 is 0 Å². The molecule has 33 heavy (non-hydrogen) atoms. The van der Waals surface area contributed by atoms with E-state index in [-0.39, 0.29) is 23.7 Å². The minimum absolute atomic E-state index is 0.0590. The van der Waals surface area contributed by atoms with Crippen LogP contribution in [0.2, 0.25) is 0 Å². The first-order valence-electron chi connectivity index (χ1n) is 10.9. The molecule has 0 radical (unpaired) electrons. The number of piperidine rings is 1. The lowest BCUT2D eigenvalue weighted by molar-refractivity contribution is 0.0943. The van der Waals surface area contributed by atoms with E-state index in [1.54, 1.807) is 30.5 Å². The number of carbonyl (C=O) groups is 1. The first-order chi connectivity index (χ1) is 15.7. The molecule has 11 heteroatoms. The quantitative estimate of drug-likeness (QED) is 0.583. The molecule has 0 unspecified atom stereocenters. The zero-order valence-electron chi connectivity index (χ0n) is 18.6. The molecule has 1 amide bonds. The highest BCUT2D eigenvalue weighted by molar-refractivity contribution is 7.91. The lowest BCUT2D eigenvalue weighted by Gasteiger charge is -2.33. The second-order valence-electron chi connectivity index (χ2n) is 8.53. The highest BCUT2D eigenvalue weighted by atomic mass is 32.2. The standard InChI is InChI=1S/C22H28N6O4S/c1-14(2)25-22(29)16-8-9-24-19(11-16)28-10-4-5-15(12-28)13-32-18-7-3-6-17-20(18)21(23)27-33(30,31)26-17/h3,6-9,11,14-15,26H,4-5,10,12-13H2,1-2H3,(H2,23,27)(H,25,29)/t15-/m0/s1. The highest BCUT2D eigenvalue weighted by Crippen LogP contribution is 2.31. The summed E-state index contributed by atoms with van der Waals surface area (Å²) in [6.07, 6.45) is 3.60. The van der Waals surface area contributed by atoms with Gasteiger partial charge in [-0.05, 0) is 51.0 Å². The Bertz CT molecular complexity index is 1180. The van der Waals surface area contributed by atoms with E-state index in [9.17, 15) is 13.2 Å². The third kappa shape index (κ3) is 5.36. The smallest absolute Gasteiger partial charge is 0.344 e. The molecule has 0 aliphatic carbocycles. The monoisotopic (exact) mass is 472 g/mol. The number of hydrogen-bond donors (Lipinski definition) is 3. The van der Waals surface area contributed by atoms with Crippen LogP contribution in [-0.2, 0) is 10.2 Å². The Morgan fingerprint density at radius 1 is 1.36 bits per heavy atom. The molecule has 10 nitrogen and oxygen atoms in total. The lowest BCUT2D eigenvalue weighted by Crippen LogP contribution is -2.38. The van der Waals surface area contributed by atoms with Crippen molar-refractivity contribution in [3.8, 4) is 5.75 Å². The van der Waals surface area contributed by atoms with Crippen molar-refractivity contribution in [2.24, 2.45) is 16.0 Å². The summed E-state index contributed by atoms with van der Waals surface area (Å²) in [6, 6.07) is 8.67. The summed E-state index contributed by atoms with van der Waals surface area (Å²) in [5.41, 5.74) is 7.29. The van der Waals surface area contributed by atoms with Gasteiger partial charge in [-0.25, -0.2) is 4.98 Å². The number of nitrogens with one attached hydrogen (secondary N) is 2. The maximum absolute atomic E-state index is 12.4. The number of amides is 1. The van der Waals surface area contributed by atoms with Crippen molar-refractivity contribution in [3.05, 3.63) is 47.7 Å². The van der Waals surface area contributed by atoms with Crippen LogP contribution in [0.4, 0.5) is 11.5 Å². The number of nitrogens with two attached hydrogens (primary N) is 1. The Morgan fingerprint density at radius 2 is 2.18 bits per heavy atom. The van der Waals surface area contributed by atoms with Gasteiger partial charge in [0.25, 0.3) is 5.91 Å². The van der Waals surface area contributed by atoms with Crippen molar-refractivity contribution in [3.63, 3.8) is 0 Å². The van der Waals surface area contributed by atoms with E-state index in [0.29, 0.717) is 29.2 Å². The molecule has 176 valence electrons. The minimum Gasteiger partial charge on any atom is -0.492 e. The summed E-state index contributed by atoms with van der Waals surface area (Å²) in [5, 5.41) is 2.90. The summed E-state index contributed by atoms with van der Waals surface area (Å²) in [5.74, 6) is 1.26. The zero-order chi connectivity index (χ0) is 23.6. The number of carbonyl (C=O) groups excluding carboxylic acids is 1. The molecule has 0 saturated carbocycles. The zero-order valence-corrected chi connectivity index (χ0v) is 19.4. The van der Waals surface area contributed by atoms with Crippen LogP contribution in [-0.4, -0.2) is 50.9 Å². The molecular formula is C22H28N6O4S. The summed E-state index contributed by atoms with van der Waals surface area (Å²) >= 11 is 0. The van der Waals surface area contributed by atoms with Crippen molar-refractivity contribution >= 4 is 33.5 Å². The van der Waals surface area contributed by atoms with E-state index in [1.807, 2.05) is 19.9 Å². The number of pyridine rings is 1. The van der Waals surface area contributed by atoms with E-state index in [1.165, 1.54) is 0 Å². The molecule has 3 heterocycles. The van der Waals surface area contributed by atoms with E-state index in [2.05, 4.69) is 24.3 Å². The number of fused-ring (bicyclic) bond motifs is 1. The van der Waals surface area contributed by atoms with Crippen LogP contribution in [0.25, 0.3) is 0 Å². The fraction of sp³-hybridized carbons (Fsp3) is 0.409. The fourth-order valence-electron chi connectivity index (χ4n) is 4.03. The second-order valence-corrected chi connectivity index (χ2v) is 9.87. The first kappa shape index (κ1) is 22.8. The molecule has 4 rings (SSSR count). The molecular weight excluding hydrogens is 444 g/mol. The van der Waals surface area contributed by atoms with Gasteiger partial charge in [-0.3, -0.25) is 9.52 Å². The molecule has 1 saturated heterocycles. The molecule has 1 atom stereocenters. The molecule has 2 aliphatic rings. The predicted molar refractivity (Wildman–Crippen MR) is 127 cm³/mol. The van der Waals surface area contributed by atoms with Crippen LogP contribution in [0.1, 0.15) is 42.6 Å². The van der Waals surface area contributed by atoms with Crippen molar-refractivity contribution < 1.29 is 17.9 Å². The molecule has 0 bridgehead atoms. The van der Waals surface area contributed by atoms with Gasteiger partial charge in [0.1, 0.15) is 11.6 Å². The lowest BCUT2D eigenvalue weighted by atomic mass is 9.98. The van der Waals surface area contributed by atoms with Crippen molar-refractivity contribution in [1.29, 1.82) is 0 Å². The van der Waals surface area contributed by atoms with Crippen LogP contribution in [0, 0.1) is 5.92 Å². The molecule has 2 aromatic rings. The van der Waals surface area contributed by atoms with Gasteiger partial charge in [0.2, 0.25) is 0 Å². The van der Waals surface area contributed by atoms with Gasteiger partial charge in [-0.2, -0.15) is 8.42 Å². The van der Waals surface area contributed by atoms with Gasteiger partial charge in [0.15, 0.2) is 5.84 Å². The minimum atomic E-state index is -3.84. The van der Waals surface area contributed by atoms with E-state index in [4.69, 9.17) is 10.5 Å². The SMILES string of the molecule is CC(C)NC(=O)c1ccnc(N2CCC[C@H](COc3cccc4c3C(N)=NS(=O)(=O)N4)C2)c1. The van der Waals surface area contributed by atoms with E-state index < -0.39 is 10.2 Å². The van der Waals surface area contributed by atoms with Crippen LogP contribution < -0.4 is 25.4 Å². The Hall–Kier alpha value is -3.34. The molecule has 1 aromatic heterocycles. The van der Waals surface area contributed by atoms with Gasteiger partial charge >= 0.3 is 10.2 Å². The third-order valence-electron chi connectivity index (χ3n) is 5.48. The number of benzene rings is 1. The fourth-order valence-corrected chi connectivity index (χ4v) is 4.88. The van der Waals surface area contributed by atoms with E-state index >= 15 is 0 Å². The number of rotatable bonds is 6. The Labute approximate surface area is 193 Å². The topological polar surface area (TPSA) is 139 Å². The van der Waals surface area contributed by atoms with Crippen molar-refractivity contribution in [2.45, 2.75) is 32.7 Å². The van der Waals surface area contributed by atoms with Crippen LogP contribution in [0.5, 0.6) is 5.75 Å². The summed E-state index contributed by atoms with van der Waals surface area (Å²) in [4.78, 5) is 19.0. The summed E-state index contributed by atoms with van der Waals surface area (Å²) in [6.45, 7) is 5.86. The normalized spacial score (nSPS) is 19.3. The largest absolute Gasteiger partial charge is 0.492 e. The molecule has 0 spiro atoms. The van der Waals surface area contributed by atoms with E-state index in [0.717, 1.165) is 31.7 Å². The third-order valence-corrected chi connectivity index (χ3v) is 6.40. The summed E-state index contributed by atoms with van der Waals surface area (Å²) in [7, 11) is -3.84. The Kier molecular flexibility index (Phi) is 6.41. The van der Waals surface area contributed by atoms with Gasteiger partial charge in [-0.15, -0.1) is 4.40 Å². The maximum atomic E-state index is 12.4. The molecule has 1 fully saturated rings. The first-order valence-corrected chi connectivity index (χ1v) is 12.3. The van der Waals surface area contributed by atoms with Crippen LogP contribution in [0.3, 0.4) is 0 Å². The van der Waals surface area contributed by atoms with Crippen molar-refractivity contribution in [1.82, 2.24) is 10.3 Å². The van der Waals surface area contributed by atoms with Crippen molar-refractivity contribution in [2.75, 3.05) is 29.3 Å². The number of hydrogen-bond acceptors (Lipinski definition) is 7. The average molecular weight is 473 g/mol. The van der Waals surface area contributed by atoms with Gasteiger partial charge < -0.3 is 20.7 Å². The number of amidine groups is 1. The molecule has 4 N–H and O–H groups in total. The molecule has 2 aliphatic heterocycles. The number of aromatic nitrogens is 1. The van der Waals surface area contributed by atoms with Gasteiger partial charge in [0.05, 0.1) is 17.9 Å². The summed E-state index contributed by atoms with van der Waals surface area (Å²) < 4.78 is 35.5. The van der Waals surface area contributed by atoms with Gasteiger partial charge in [-0.1, -0.05) is 6.07 Å². The van der Waals surface area contributed by atoms with Gasteiger partial charge in [0, 0.05) is 36.8 Å². The maximum Gasteiger partial charge on any atom is 0.344 e. The Morgan fingerprint density at radius 3 is 2.97 bits per heavy atom. The predicted octanol–water partition coefficient (Wildman–Crippen LogP) is 1.89. The van der Waals surface area contributed by atoms with Crippen LogP contribution in [0.15, 0.2) is 40.9 Å². The number of nitrogens with zero attached hydrogens (tertiary/aromatic N) is 3. The number of ether oxygens (including phenoxy) is 1. The second kappa shape index (κ2) is 9.26. The highest BCUT2D eigenvalue weighted by Gasteiger charge is 2.26. The molecule has 1 aromatic carbocycles.